The molecule has 346 valence electrons. The van der Waals surface area contributed by atoms with Crippen molar-refractivity contribution in [3.63, 3.8) is 0 Å². The van der Waals surface area contributed by atoms with Crippen molar-refractivity contribution in [1.82, 2.24) is 19.1 Å². The Bertz CT molecular complexity index is 2710. The van der Waals surface area contributed by atoms with E-state index in [0.29, 0.717) is 5.56 Å². The Balaban J connectivity index is 0.885. The molecule has 0 aliphatic carbocycles. The molecule has 0 bridgehead atoms. The summed E-state index contributed by atoms with van der Waals surface area (Å²) in [5, 5.41) is 0. The van der Waals surface area contributed by atoms with E-state index in [-0.39, 0.29) is 12.2 Å². The van der Waals surface area contributed by atoms with E-state index in [1.807, 2.05) is 0 Å². The summed E-state index contributed by atoms with van der Waals surface area (Å²) in [5.41, 5.74) is 4.50. The Morgan fingerprint density at radius 2 is 1.12 bits per heavy atom. The lowest BCUT2D eigenvalue weighted by Gasteiger charge is -2.23. The van der Waals surface area contributed by atoms with Crippen molar-refractivity contribution in [2.75, 3.05) is 18.9 Å². The Kier molecular flexibility index (Phi) is 13.4. The zero-order valence-corrected chi connectivity index (χ0v) is 35.9. The minimum atomic E-state index is -6.22. The van der Waals surface area contributed by atoms with Crippen LogP contribution in [0.3, 0.4) is 0 Å². The second kappa shape index (κ2) is 18.4. The number of phosphoric ester groups is 2. The molecule has 8 rings (SSSR count). The van der Waals surface area contributed by atoms with Crippen molar-refractivity contribution in [2.24, 2.45) is 0 Å². The second-order valence-corrected chi connectivity index (χ2v) is 20.4. The van der Waals surface area contributed by atoms with Crippen LogP contribution >= 0.6 is 31.3 Å². The van der Waals surface area contributed by atoms with Crippen LogP contribution in [0.25, 0.3) is 0 Å². The number of hydrogen-bond donors (Lipinski definition) is 6. The molecule has 4 aromatic rings. The summed E-state index contributed by atoms with van der Waals surface area (Å²) in [6.45, 7) is -1.92. The highest BCUT2D eigenvalue weighted by Crippen LogP contribution is 2.71. The molecule has 0 radical (unpaired) electrons. The number of aromatic amines is 1. The number of phosphoric acid groups is 4. The van der Waals surface area contributed by atoms with Gasteiger partial charge in [0.05, 0.1) is 13.2 Å². The lowest BCUT2D eigenvalue weighted by atomic mass is 10.1. The summed E-state index contributed by atoms with van der Waals surface area (Å²) in [6.07, 6.45) is -8.91. The van der Waals surface area contributed by atoms with E-state index in [1.54, 1.807) is 60.7 Å². The summed E-state index contributed by atoms with van der Waals surface area (Å²) in [6, 6.07) is 19.8. The van der Waals surface area contributed by atoms with Crippen LogP contribution in [0.15, 0.2) is 99.6 Å². The minimum absolute atomic E-state index is 0.0931. The van der Waals surface area contributed by atoms with Gasteiger partial charge in [0.1, 0.15) is 42.4 Å². The third-order valence-corrected chi connectivity index (χ3v) is 15.6. The predicted molar refractivity (Wildman–Crippen MR) is 209 cm³/mol. The fourth-order valence-electron chi connectivity index (χ4n) is 7.17. The van der Waals surface area contributed by atoms with Gasteiger partial charge in [-0.2, -0.15) is 17.9 Å². The molecule has 27 nitrogen and oxygen atoms in total. The molecule has 0 spiro atoms. The van der Waals surface area contributed by atoms with Crippen molar-refractivity contribution in [3.05, 3.63) is 128 Å². The third kappa shape index (κ3) is 10.9. The number of fused-ring (bicyclic) bond motifs is 2. The van der Waals surface area contributed by atoms with Gasteiger partial charge in [-0.15, -0.1) is 0 Å². The van der Waals surface area contributed by atoms with Crippen LogP contribution in [0.4, 0.5) is 5.82 Å². The first-order valence-corrected chi connectivity index (χ1v) is 24.6. The molecular formula is C33H37N5O22P4. The number of anilines is 1. The molecule has 6 unspecified atom stereocenters. The summed E-state index contributed by atoms with van der Waals surface area (Å²) >= 11 is 0. The van der Waals surface area contributed by atoms with E-state index >= 15 is 0 Å². The lowest BCUT2D eigenvalue weighted by molar-refractivity contribution is -0.154. The number of H-pyrrole nitrogens is 1. The van der Waals surface area contributed by atoms with Crippen LogP contribution < -0.4 is 22.7 Å². The van der Waals surface area contributed by atoms with Gasteiger partial charge in [-0.25, -0.2) is 27.8 Å². The molecule has 4 aliphatic heterocycles. The molecule has 31 heteroatoms. The molecule has 4 aliphatic rings. The summed E-state index contributed by atoms with van der Waals surface area (Å²) in [7, 11) is -24.0. The summed E-state index contributed by atoms with van der Waals surface area (Å²) in [4.78, 5) is 83.8. The largest absolute Gasteiger partial charge is 0.490 e. The number of benzene rings is 2. The Morgan fingerprint density at radius 3 is 1.72 bits per heavy atom. The van der Waals surface area contributed by atoms with Gasteiger partial charge >= 0.3 is 42.7 Å². The highest BCUT2D eigenvalue weighted by atomic mass is 31.3. The summed E-state index contributed by atoms with van der Waals surface area (Å²) in [5.74, 6) is -0.0931. The van der Waals surface area contributed by atoms with Crippen LogP contribution in [0.1, 0.15) is 29.9 Å². The Hall–Kier alpha value is -3.88. The maximum atomic E-state index is 12.9. The van der Waals surface area contributed by atoms with Gasteiger partial charge in [0, 0.05) is 30.4 Å². The van der Waals surface area contributed by atoms with E-state index in [4.69, 9.17) is 43.2 Å². The molecule has 2 aromatic carbocycles. The van der Waals surface area contributed by atoms with Gasteiger partial charge in [0.15, 0.2) is 25.0 Å². The molecule has 64 heavy (non-hydrogen) atoms. The Morgan fingerprint density at radius 1 is 0.625 bits per heavy atom. The maximum absolute atomic E-state index is 12.9. The first kappa shape index (κ1) is 46.6. The molecule has 4 fully saturated rings. The van der Waals surface area contributed by atoms with Crippen molar-refractivity contribution in [1.29, 1.82) is 0 Å². The average molecular weight is 980 g/mol. The van der Waals surface area contributed by atoms with Crippen LogP contribution in [-0.4, -0.2) is 94.8 Å². The summed E-state index contributed by atoms with van der Waals surface area (Å²) < 4.78 is 111. The van der Waals surface area contributed by atoms with E-state index < -0.39 is 123 Å². The zero-order valence-electron chi connectivity index (χ0n) is 32.3. The zero-order chi connectivity index (χ0) is 45.6. The number of ether oxygens (including phenoxy) is 6. The molecule has 0 amide bonds. The first-order valence-electron chi connectivity index (χ1n) is 18.7. The molecule has 4 saturated heterocycles. The molecule has 6 heterocycles. The number of nitrogens with zero attached hydrogens (tertiary/aromatic N) is 3. The average Bonchev–Trinajstić information content (AvgIpc) is 3.97. The molecule has 0 saturated carbocycles. The van der Waals surface area contributed by atoms with E-state index in [1.165, 1.54) is 12.3 Å². The van der Waals surface area contributed by atoms with Crippen molar-refractivity contribution in [2.45, 2.75) is 68.1 Å². The lowest BCUT2D eigenvalue weighted by Crippen LogP contribution is -2.36. The smallest absolute Gasteiger partial charge is 0.383 e. The monoisotopic (exact) mass is 979 g/mol. The van der Waals surface area contributed by atoms with Gasteiger partial charge in [-0.05, 0) is 11.6 Å². The molecule has 2 aromatic heterocycles. The number of nitrogens with two attached hydrogens (primary N) is 1. The number of nitrogen functional groups attached to an aromatic ring is 1. The van der Waals surface area contributed by atoms with Crippen LogP contribution in [0.2, 0.25) is 0 Å². The number of aromatic nitrogens is 4. The topological polar surface area (TPSA) is 366 Å². The van der Waals surface area contributed by atoms with E-state index in [0.717, 1.165) is 27.0 Å². The van der Waals surface area contributed by atoms with Crippen LogP contribution in [0, 0.1) is 0 Å². The van der Waals surface area contributed by atoms with Gasteiger partial charge in [0.2, 0.25) is 0 Å². The van der Waals surface area contributed by atoms with Gasteiger partial charge < -0.3 is 53.7 Å². The number of rotatable bonds is 17. The minimum Gasteiger partial charge on any atom is -0.383 e. The number of hydrogen-bond acceptors (Lipinski definition) is 20. The van der Waals surface area contributed by atoms with E-state index in [9.17, 15) is 52.2 Å². The van der Waals surface area contributed by atoms with Crippen molar-refractivity contribution < 1.29 is 88.2 Å². The highest BCUT2D eigenvalue weighted by molar-refractivity contribution is 7.69. The normalized spacial score (nSPS) is 31.3. The van der Waals surface area contributed by atoms with Crippen LogP contribution in [0.5, 0.6) is 0 Å². The van der Waals surface area contributed by atoms with Gasteiger partial charge in [-0.3, -0.25) is 28.0 Å². The van der Waals surface area contributed by atoms with Crippen molar-refractivity contribution >= 4 is 37.1 Å². The fourth-order valence-corrected chi connectivity index (χ4v) is 12.1. The Labute approximate surface area is 358 Å². The van der Waals surface area contributed by atoms with E-state index in [2.05, 4.69) is 22.9 Å². The van der Waals surface area contributed by atoms with Gasteiger partial charge in [-0.1, -0.05) is 60.7 Å². The van der Waals surface area contributed by atoms with Crippen LogP contribution in [-0.2, 0) is 75.1 Å². The molecular weight excluding hydrogens is 942 g/mol. The SMILES string of the molecule is Nc1ccn([C@@H]2O[C@H](COP(=O)(O)OP(=O)(O)OP(=O)(O)OP(=O)(O)OC[C@H]3O[C@@H](n4ccc(=O)[nH]c4=O)[C@@H]4OC(c5ccccc5)O[C@@H]43)[C@H]3OC(Cc4ccccc4)O[C@H]32)c(=O)n1. The quantitative estimate of drug-likeness (QED) is 0.0816. The first-order chi connectivity index (χ1) is 30.2. The second-order valence-electron chi connectivity index (χ2n) is 14.2. The number of nitrogens with one attached hydrogen (secondary N) is 1. The maximum Gasteiger partial charge on any atom is 0.490 e. The standard InChI is InChI=1S/C33H37N5O22P4/c34-22-11-13-37(32(40)35-22)29-27-25(54-24(55-27)15-18-7-3-1-4-8-18)20(52-29)16-50-61(42,43)58-63(46,47)60-64(48,49)59-62(44,45)51-17-21-26-28(57-31(56-26)19-9-5-2-6-10-19)30(53-21)38-14-12-23(39)36-33(38)41/h1-14,20-21,24-31H,15-17H2,(H,42,43)(H,44,45)(H,46,47)(H,48,49)(H2,34,35,40)(H,36,39,41)/t20-,21-,24?,25-,26-,27-,28-,29-,30-,31?/m1/s1. The molecule has 14 atom stereocenters. The van der Waals surface area contributed by atoms with Crippen molar-refractivity contribution in [3.8, 4) is 0 Å². The predicted octanol–water partition coefficient (Wildman–Crippen LogP) is 1.49. The third-order valence-electron chi connectivity index (χ3n) is 9.74. The fraction of sp³-hybridized carbons (Fsp3) is 0.394. The van der Waals surface area contributed by atoms with Gasteiger partial charge in [0.25, 0.3) is 5.56 Å². The molecule has 7 N–H and O–H groups in total. The highest BCUT2D eigenvalue weighted by Gasteiger charge is 2.56.